The molecule has 0 bridgehead atoms. The Kier molecular flexibility index (Phi) is 41.7. The predicted octanol–water partition coefficient (Wildman–Crippen LogP) is 26.2. The van der Waals surface area contributed by atoms with E-state index in [1.54, 1.807) is 44.2 Å². The van der Waals surface area contributed by atoms with Crippen LogP contribution in [0.5, 0.6) is 23.1 Å². The van der Waals surface area contributed by atoms with Gasteiger partial charge in [-0.1, -0.05) is 172 Å². The van der Waals surface area contributed by atoms with Crippen molar-refractivity contribution in [2.45, 2.75) is 172 Å². The topological polar surface area (TPSA) is 222 Å². The molecule has 1 aliphatic heterocycles. The monoisotopic (exact) mass is 1980 g/mol. The van der Waals surface area contributed by atoms with E-state index in [1.807, 2.05) is 85.8 Å². The lowest BCUT2D eigenvalue weighted by atomic mass is 9.79. The highest BCUT2D eigenvalue weighted by atomic mass is 32.2. The average molecular weight is 1980 g/mol. The van der Waals surface area contributed by atoms with Crippen LogP contribution in [0.1, 0.15) is 135 Å². The molecule has 143 heavy (non-hydrogen) atoms. The molecule has 0 radical (unpaired) electrons. The Morgan fingerprint density at radius 2 is 0.657 bits per heavy atom. The maximum absolute atomic E-state index is 13.1. The van der Waals surface area contributed by atoms with E-state index in [4.69, 9.17) is 38.8 Å². The average Bonchev–Trinajstić information content (AvgIpc) is 1.77. The van der Waals surface area contributed by atoms with Crippen LogP contribution in [0.15, 0.2) is 273 Å². The summed E-state index contributed by atoms with van der Waals surface area (Å²) in [4.78, 5) is 34.4. The Morgan fingerprint density at radius 3 is 0.965 bits per heavy atom. The van der Waals surface area contributed by atoms with Gasteiger partial charge < -0.3 is 62.8 Å². The molecular formula is C115H137BF6N10O10S. The molecule has 0 aliphatic carbocycles. The lowest BCUT2D eigenvalue weighted by Gasteiger charge is -2.32. The number of phenols is 1. The van der Waals surface area contributed by atoms with Gasteiger partial charge in [0.15, 0.2) is 0 Å². The molecule has 10 aromatic carbocycles. The highest BCUT2D eigenvalue weighted by Gasteiger charge is 2.52. The van der Waals surface area contributed by atoms with Gasteiger partial charge in [-0.2, -0.15) is 21.6 Å². The number of aromatic hydroxyl groups is 1. The largest absolute Gasteiger partial charge is 0.534 e. The molecule has 0 saturated carbocycles. The van der Waals surface area contributed by atoms with Gasteiger partial charge in [-0.3, -0.25) is 0 Å². The SMILES string of the molecule is CCC(CF)Oc1cccc2ccc(-c3ccc(N(CC)CC)cc3)nc12.CCC(O)CF.CCN(CC)c1ccc(-c2ccc3cccc(C)c3n2)cc1.CCN(CC)c1ccc(-c2ccc3cccc(O)c3n2)cc1.CCN(CC)c1ccc(-c2ccc3cccc(OC(CO)CF)c3n2)cc1.CCN(CC)c1ccc(B2OC(C)(C)C(C)(C)O2)cc1.Cc1cccc2ccc(OS(=O)(=O)C(F)(F)F)nc12. The summed E-state index contributed by atoms with van der Waals surface area (Å²) in [7, 11) is -5.97. The van der Waals surface area contributed by atoms with E-state index in [0.717, 1.165) is 144 Å². The fraction of sp³-hybridized carbons (Fsp3) is 0.348. The number of benzene rings is 10. The molecule has 3 N–H and O–H groups in total. The first-order valence-electron chi connectivity index (χ1n) is 49.2. The number of nitrogens with zero attached hydrogens (tertiary/aromatic N) is 10. The molecule has 0 amide bonds. The minimum absolute atomic E-state index is 0.221. The first-order valence-corrected chi connectivity index (χ1v) is 50.6. The molecule has 15 aromatic rings. The van der Waals surface area contributed by atoms with Crippen molar-refractivity contribution in [3.63, 3.8) is 0 Å². The van der Waals surface area contributed by atoms with Gasteiger partial charge in [-0.25, -0.2) is 38.1 Å². The summed E-state index contributed by atoms with van der Waals surface area (Å²) in [6.07, 6.45) is -0.913. The summed E-state index contributed by atoms with van der Waals surface area (Å²) in [6.45, 7) is 45.2. The molecule has 3 atom stereocenters. The Morgan fingerprint density at radius 1 is 0.364 bits per heavy atom. The third-order valence-electron chi connectivity index (χ3n) is 25.3. The molecule has 3 unspecified atom stereocenters. The number of fused-ring (bicyclic) bond motifs is 5. The fourth-order valence-electron chi connectivity index (χ4n) is 15.9. The normalized spacial score (nSPS) is 13.0. The fourth-order valence-corrected chi connectivity index (χ4v) is 16.3. The highest BCUT2D eigenvalue weighted by molar-refractivity contribution is 7.88. The second-order valence-corrected chi connectivity index (χ2v) is 36.6. The molecule has 5 aromatic heterocycles. The van der Waals surface area contributed by atoms with Crippen LogP contribution in [-0.4, -0.2) is 183 Å². The van der Waals surface area contributed by atoms with Crippen LogP contribution in [0.2, 0.25) is 0 Å². The zero-order valence-electron chi connectivity index (χ0n) is 85.5. The van der Waals surface area contributed by atoms with Crippen LogP contribution in [-0.2, 0) is 19.4 Å². The first-order chi connectivity index (χ1) is 68.7. The van der Waals surface area contributed by atoms with E-state index in [2.05, 4.69) is 294 Å². The van der Waals surface area contributed by atoms with Crippen molar-refractivity contribution in [2.24, 2.45) is 0 Å². The van der Waals surface area contributed by atoms with Crippen molar-refractivity contribution >= 4 is 106 Å². The van der Waals surface area contributed by atoms with Crippen LogP contribution >= 0.6 is 0 Å². The maximum atomic E-state index is 13.1. The van der Waals surface area contributed by atoms with Gasteiger partial charge in [0.05, 0.1) is 57.7 Å². The smallest absolute Gasteiger partial charge is 0.506 e. The lowest BCUT2D eigenvalue weighted by molar-refractivity contribution is -0.0501. The Balaban J connectivity index is 0.000000175. The lowest BCUT2D eigenvalue weighted by Crippen LogP contribution is -2.41. The van der Waals surface area contributed by atoms with Crippen LogP contribution in [0.3, 0.4) is 0 Å². The number of alkyl halides is 6. The summed E-state index contributed by atoms with van der Waals surface area (Å²) in [5.74, 6) is 0.725. The second kappa shape index (κ2) is 53.3. The van der Waals surface area contributed by atoms with Crippen LogP contribution in [0, 0.1) is 13.8 Å². The molecule has 16 rings (SSSR count). The predicted molar refractivity (Wildman–Crippen MR) is 578 cm³/mol. The molecule has 1 aliphatic rings. The third-order valence-corrected chi connectivity index (χ3v) is 26.3. The summed E-state index contributed by atoms with van der Waals surface area (Å²) < 4.78 is 123. The molecule has 28 heteroatoms. The molecular weight excluding hydrogens is 1840 g/mol. The van der Waals surface area contributed by atoms with Crippen molar-refractivity contribution in [3.8, 4) is 68.2 Å². The highest BCUT2D eigenvalue weighted by Crippen LogP contribution is 2.39. The van der Waals surface area contributed by atoms with Crippen LogP contribution in [0.25, 0.3) is 99.5 Å². The second-order valence-electron chi connectivity index (χ2n) is 35.0. The Bertz CT molecular complexity index is 6310. The van der Waals surface area contributed by atoms with E-state index in [0.29, 0.717) is 51.8 Å². The van der Waals surface area contributed by atoms with E-state index < -0.39 is 59.8 Å². The molecule has 20 nitrogen and oxygen atoms in total. The number of pyridine rings is 5. The molecule has 1 saturated heterocycles. The van der Waals surface area contributed by atoms with Crippen molar-refractivity contribution in [2.75, 3.05) is 117 Å². The number of phenolic OH excluding ortho intramolecular Hbond substituents is 1. The van der Waals surface area contributed by atoms with Crippen molar-refractivity contribution in [3.05, 3.63) is 284 Å². The van der Waals surface area contributed by atoms with Gasteiger partial charge in [0.2, 0.25) is 5.88 Å². The number of rotatable bonds is 32. The minimum Gasteiger partial charge on any atom is -0.506 e. The summed E-state index contributed by atoms with van der Waals surface area (Å²) >= 11 is 0. The maximum Gasteiger partial charge on any atom is 0.534 e. The van der Waals surface area contributed by atoms with Gasteiger partial charge in [0.1, 0.15) is 66.0 Å². The molecule has 6 heterocycles. The number of ether oxygens (including phenoxy) is 2. The van der Waals surface area contributed by atoms with Gasteiger partial charge in [0.25, 0.3) is 0 Å². The van der Waals surface area contributed by atoms with Gasteiger partial charge in [-0.05, 0) is 249 Å². The number of aliphatic hydroxyl groups is 2. The van der Waals surface area contributed by atoms with Crippen LogP contribution in [0.4, 0.5) is 54.8 Å². The van der Waals surface area contributed by atoms with E-state index in [-0.39, 0.29) is 30.7 Å². The van der Waals surface area contributed by atoms with Crippen molar-refractivity contribution < 1.29 is 73.0 Å². The van der Waals surface area contributed by atoms with E-state index in [1.165, 1.54) is 51.0 Å². The van der Waals surface area contributed by atoms with E-state index in [9.17, 15) is 45.0 Å². The minimum atomic E-state index is -5.69. The van der Waals surface area contributed by atoms with E-state index >= 15 is 0 Å². The number of hydrogen-bond donors (Lipinski definition) is 3. The number of anilines is 5. The van der Waals surface area contributed by atoms with Gasteiger partial charge in [0, 0.05) is 149 Å². The molecule has 0 spiro atoms. The first kappa shape index (κ1) is 112. The number of para-hydroxylation sites is 5. The zero-order valence-corrected chi connectivity index (χ0v) is 86.3. The number of halogens is 6. The Hall–Kier alpha value is -13.1. The number of hydrogen-bond acceptors (Lipinski definition) is 20. The third kappa shape index (κ3) is 29.6. The zero-order chi connectivity index (χ0) is 104. The summed E-state index contributed by atoms with van der Waals surface area (Å²) in [6, 6.07) is 89.4. The van der Waals surface area contributed by atoms with Gasteiger partial charge >= 0.3 is 22.7 Å². The quantitative estimate of drug-likeness (QED) is 0.0154. The summed E-state index contributed by atoms with van der Waals surface area (Å²) in [5, 5.41) is 32.2. The molecule has 1 fully saturated rings. The standard InChI is InChI=1S/C23H27FN2O.C22H25FN2O2.C20H22N2.C19H20N2O.C16H26BNO2.C11H8F3NO3S.C4H9FO/c1-4-20(16-24)27-22-9-7-8-18-12-15-21(25-23(18)22)17-10-13-19(14-11-17)26(5-2)6-3;1-3-25(4-2)18-11-8-16(9-12-18)20-13-10-17-6-5-7-21(22(17)24-20)27-19(14-23)15-26;1-4-22(5-2)18-12-9-16(10-13-18)19-14-11-17-8-6-7-15(3)20(17)21-19;1-3-21(4-2)16-11-8-14(9-12-16)17-13-10-15-6-5-7-18(22)19(15)20-17;1-7-18(8-2)14-11-9-13(10-12-14)17-19-15(3,4)16(5,6)20-17;1-7-3-2-4-8-5-6-9(15-10(7)8)18-19(16,17)11(12,13)14;1-2-4(6)3-5/h7-15,20H,4-6,16H2,1-3H3;5-13,19,26H,3-4,14-15H2,1-2H3;6-14H,4-5H2,1-3H3;5-13,22H,3-4H2,1-2H3;9-12H,7-8H2,1-6H3;2-6H,1H3;4,6H,2-3H2,1H3. The summed E-state index contributed by atoms with van der Waals surface area (Å²) in [5.41, 5.74) is 14.6. The Labute approximate surface area is 840 Å². The number of aromatic nitrogens is 5. The van der Waals surface area contributed by atoms with Crippen LogP contribution < -0.4 is 43.6 Å². The number of aryl methyl sites for hydroxylation is 2. The van der Waals surface area contributed by atoms with Crippen molar-refractivity contribution in [1.82, 2.24) is 24.9 Å². The van der Waals surface area contributed by atoms with Crippen molar-refractivity contribution in [1.29, 1.82) is 0 Å². The van der Waals surface area contributed by atoms with Gasteiger partial charge in [-0.15, -0.1) is 0 Å². The number of aliphatic hydroxyl groups excluding tert-OH is 2. The molecule has 758 valence electrons.